The van der Waals surface area contributed by atoms with Gasteiger partial charge in [0.2, 0.25) is 0 Å². The van der Waals surface area contributed by atoms with Crippen LogP contribution in [0, 0.1) is 0 Å². The molecular weight excluding hydrogens is 252 g/mol. The van der Waals surface area contributed by atoms with Gasteiger partial charge in [-0.1, -0.05) is 45.0 Å². The predicted octanol–water partition coefficient (Wildman–Crippen LogP) is 3.59. The van der Waals surface area contributed by atoms with Gasteiger partial charge < -0.3 is 5.73 Å². The molecule has 0 saturated heterocycles. The van der Waals surface area contributed by atoms with Crippen molar-refractivity contribution in [3.05, 3.63) is 51.0 Å². The van der Waals surface area contributed by atoms with Crippen LogP contribution in [0.5, 0.6) is 0 Å². The molecule has 1 aromatic heterocycles. The van der Waals surface area contributed by atoms with Crippen molar-refractivity contribution in [1.29, 1.82) is 0 Å². The van der Waals surface area contributed by atoms with Crippen LogP contribution in [0.1, 0.15) is 53.4 Å². The number of hydrogen-bond acceptors (Lipinski definition) is 3. The topological polar surface area (TPSA) is 38.9 Å². The Hall–Kier alpha value is -1.19. The van der Waals surface area contributed by atoms with Crippen molar-refractivity contribution in [3.63, 3.8) is 0 Å². The summed E-state index contributed by atoms with van der Waals surface area (Å²) in [7, 11) is 0. The Morgan fingerprint density at radius 2 is 2.05 bits per heavy atom. The van der Waals surface area contributed by atoms with Crippen LogP contribution in [0.2, 0.25) is 0 Å². The van der Waals surface area contributed by atoms with Gasteiger partial charge in [-0.25, -0.2) is 4.98 Å². The van der Waals surface area contributed by atoms with E-state index in [1.54, 1.807) is 11.3 Å². The molecule has 0 amide bonds. The number of aromatic nitrogens is 1. The molecule has 1 unspecified atom stereocenters. The summed E-state index contributed by atoms with van der Waals surface area (Å²) in [6.07, 6.45) is 1.12. The molecule has 2 N–H and O–H groups in total. The molecule has 0 fully saturated rings. The molecule has 1 atom stereocenters. The SMILES string of the molecule is CC(C)(C)c1nc(C2Cc3ccccc32)sc1CN. The van der Waals surface area contributed by atoms with Crippen molar-refractivity contribution in [3.8, 4) is 0 Å². The molecule has 1 heterocycles. The fraction of sp³-hybridized carbons (Fsp3) is 0.438. The smallest absolute Gasteiger partial charge is 0.101 e. The maximum absolute atomic E-state index is 5.89. The van der Waals surface area contributed by atoms with Gasteiger partial charge in [0, 0.05) is 22.8 Å². The van der Waals surface area contributed by atoms with E-state index < -0.39 is 0 Å². The third kappa shape index (κ3) is 2.11. The zero-order valence-corrected chi connectivity index (χ0v) is 12.6. The normalized spacial score (nSPS) is 18.0. The molecule has 0 radical (unpaired) electrons. The number of thiazole rings is 1. The van der Waals surface area contributed by atoms with Crippen molar-refractivity contribution in [2.45, 2.75) is 45.1 Å². The summed E-state index contributed by atoms with van der Waals surface area (Å²) in [5.41, 5.74) is 10.1. The maximum atomic E-state index is 5.89. The summed E-state index contributed by atoms with van der Waals surface area (Å²) in [4.78, 5) is 6.15. The second-order valence-electron chi connectivity index (χ2n) is 6.23. The van der Waals surface area contributed by atoms with Crippen LogP contribution >= 0.6 is 11.3 Å². The van der Waals surface area contributed by atoms with Crippen molar-refractivity contribution in [2.75, 3.05) is 0 Å². The first-order valence-corrected chi connectivity index (χ1v) is 7.60. The monoisotopic (exact) mass is 272 g/mol. The molecule has 3 heteroatoms. The Morgan fingerprint density at radius 1 is 1.32 bits per heavy atom. The number of benzene rings is 1. The third-order valence-electron chi connectivity index (χ3n) is 3.76. The highest BCUT2D eigenvalue weighted by atomic mass is 32.1. The molecule has 0 spiro atoms. The van der Waals surface area contributed by atoms with Gasteiger partial charge in [0.15, 0.2) is 0 Å². The molecule has 1 aliphatic rings. The number of rotatable bonds is 2. The first-order valence-electron chi connectivity index (χ1n) is 6.78. The molecule has 2 aromatic rings. The summed E-state index contributed by atoms with van der Waals surface area (Å²) in [5, 5.41) is 1.24. The van der Waals surface area contributed by atoms with Crippen LogP contribution in [0.3, 0.4) is 0 Å². The van der Waals surface area contributed by atoms with Gasteiger partial charge in [0.25, 0.3) is 0 Å². The number of hydrogen-bond donors (Lipinski definition) is 1. The molecule has 0 bridgehead atoms. The molecule has 0 saturated carbocycles. The quantitative estimate of drug-likeness (QED) is 0.907. The summed E-state index contributed by atoms with van der Waals surface area (Å²) >= 11 is 1.80. The Morgan fingerprint density at radius 3 is 2.63 bits per heavy atom. The molecular formula is C16H20N2S. The molecule has 1 aliphatic carbocycles. The van der Waals surface area contributed by atoms with Crippen LogP contribution in [-0.4, -0.2) is 4.98 Å². The first-order chi connectivity index (χ1) is 9.00. The van der Waals surface area contributed by atoms with Gasteiger partial charge in [0.1, 0.15) is 5.01 Å². The minimum Gasteiger partial charge on any atom is -0.326 e. The Balaban J connectivity index is 1.98. The van der Waals surface area contributed by atoms with E-state index in [-0.39, 0.29) is 5.41 Å². The summed E-state index contributed by atoms with van der Waals surface area (Å²) < 4.78 is 0. The van der Waals surface area contributed by atoms with Crippen LogP contribution < -0.4 is 5.73 Å². The molecule has 0 aliphatic heterocycles. The van der Waals surface area contributed by atoms with Crippen molar-refractivity contribution < 1.29 is 0 Å². The molecule has 19 heavy (non-hydrogen) atoms. The number of nitrogens with zero attached hydrogens (tertiary/aromatic N) is 1. The van der Waals surface area contributed by atoms with E-state index in [1.807, 2.05) is 0 Å². The average molecular weight is 272 g/mol. The lowest BCUT2D eigenvalue weighted by molar-refractivity contribution is 0.560. The highest BCUT2D eigenvalue weighted by molar-refractivity contribution is 7.11. The molecule has 2 nitrogen and oxygen atoms in total. The second kappa shape index (κ2) is 4.43. The summed E-state index contributed by atoms with van der Waals surface area (Å²) in [6.45, 7) is 7.22. The largest absolute Gasteiger partial charge is 0.326 e. The lowest BCUT2D eigenvalue weighted by atomic mass is 9.78. The Bertz CT molecular complexity index is 607. The Labute approximate surface area is 118 Å². The van der Waals surface area contributed by atoms with Crippen LogP contribution in [-0.2, 0) is 18.4 Å². The fourth-order valence-corrected chi connectivity index (χ4v) is 4.00. The number of fused-ring (bicyclic) bond motifs is 1. The van der Waals surface area contributed by atoms with Gasteiger partial charge in [-0.2, -0.15) is 0 Å². The zero-order chi connectivity index (χ0) is 13.6. The van der Waals surface area contributed by atoms with E-state index in [0.29, 0.717) is 12.5 Å². The highest BCUT2D eigenvalue weighted by Crippen LogP contribution is 2.43. The number of nitrogens with two attached hydrogens (primary N) is 1. The zero-order valence-electron chi connectivity index (χ0n) is 11.7. The first kappa shape index (κ1) is 12.8. The minimum absolute atomic E-state index is 0.0761. The molecule has 1 aromatic carbocycles. The van der Waals surface area contributed by atoms with Crippen LogP contribution in [0.15, 0.2) is 24.3 Å². The van der Waals surface area contributed by atoms with Gasteiger partial charge in [-0.05, 0) is 17.5 Å². The average Bonchev–Trinajstić information content (AvgIpc) is 2.74. The van der Waals surface area contributed by atoms with Gasteiger partial charge in [-0.15, -0.1) is 11.3 Å². The molecule has 100 valence electrons. The van der Waals surface area contributed by atoms with Crippen molar-refractivity contribution in [1.82, 2.24) is 4.98 Å². The third-order valence-corrected chi connectivity index (χ3v) is 4.95. The second-order valence-corrected chi connectivity index (χ2v) is 7.35. The van der Waals surface area contributed by atoms with E-state index in [9.17, 15) is 0 Å². The van der Waals surface area contributed by atoms with E-state index in [2.05, 4.69) is 45.0 Å². The summed E-state index contributed by atoms with van der Waals surface area (Å²) in [6, 6.07) is 8.67. The maximum Gasteiger partial charge on any atom is 0.101 e. The Kier molecular flexibility index (Phi) is 2.99. The predicted molar refractivity (Wildman–Crippen MR) is 80.7 cm³/mol. The molecule has 3 rings (SSSR count). The van der Waals surface area contributed by atoms with Crippen LogP contribution in [0.4, 0.5) is 0 Å². The van der Waals surface area contributed by atoms with E-state index >= 15 is 0 Å². The lowest BCUT2D eigenvalue weighted by Crippen LogP contribution is -2.19. The highest BCUT2D eigenvalue weighted by Gasteiger charge is 2.32. The van der Waals surface area contributed by atoms with E-state index in [0.717, 1.165) is 6.42 Å². The van der Waals surface area contributed by atoms with Crippen molar-refractivity contribution >= 4 is 11.3 Å². The minimum atomic E-state index is 0.0761. The fourth-order valence-electron chi connectivity index (χ4n) is 2.72. The van der Waals surface area contributed by atoms with Crippen molar-refractivity contribution in [2.24, 2.45) is 5.73 Å². The van der Waals surface area contributed by atoms with Gasteiger partial charge >= 0.3 is 0 Å². The van der Waals surface area contributed by atoms with Gasteiger partial charge in [0.05, 0.1) is 5.69 Å². The van der Waals surface area contributed by atoms with E-state index in [4.69, 9.17) is 10.7 Å². The van der Waals surface area contributed by atoms with Gasteiger partial charge in [-0.3, -0.25) is 0 Å². The standard InChI is InChI=1S/C16H20N2S/c1-16(2,3)14-13(9-17)19-15(18-14)12-8-10-6-4-5-7-11(10)12/h4-7,12H,8-9,17H2,1-3H3. The van der Waals surface area contributed by atoms with Crippen LogP contribution in [0.25, 0.3) is 0 Å². The lowest BCUT2D eigenvalue weighted by Gasteiger charge is -2.28. The summed E-state index contributed by atoms with van der Waals surface area (Å²) in [5.74, 6) is 0.489. The van der Waals surface area contributed by atoms with E-state index in [1.165, 1.54) is 26.7 Å².